The second-order valence-corrected chi connectivity index (χ2v) is 3.99. The summed E-state index contributed by atoms with van der Waals surface area (Å²) >= 11 is 0. The van der Waals surface area contributed by atoms with Crippen LogP contribution >= 0.6 is 0 Å². The van der Waals surface area contributed by atoms with E-state index in [-0.39, 0.29) is 25.7 Å². The van der Waals surface area contributed by atoms with Gasteiger partial charge in [0.2, 0.25) is 0 Å². The lowest BCUT2D eigenvalue weighted by molar-refractivity contribution is -0.166. The van der Waals surface area contributed by atoms with Crippen LogP contribution < -0.4 is 0 Å². The highest BCUT2D eigenvalue weighted by Gasteiger charge is 2.20. The fourth-order valence-corrected chi connectivity index (χ4v) is 1.02. The van der Waals surface area contributed by atoms with Crippen LogP contribution in [0.15, 0.2) is 0 Å². The zero-order valence-electron chi connectivity index (χ0n) is 11.4. The summed E-state index contributed by atoms with van der Waals surface area (Å²) in [5, 5.41) is 25.5. The van der Waals surface area contributed by atoms with E-state index in [1.165, 1.54) is 0 Å². The van der Waals surface area contributed by atoms with Gasteiger partial charge in [-0.15, -0.1) is 0 Å². The summed E-state index contributed by atoms with van der Waals surface area (Å²) < 4.78 is 8.79. The van der Waals surface area contributed by atoms with Crippen molar-refractivity contribution in [3.8, 4) is 0 Å². The fourth-order valence-electron chi connectivity index (χ4n) is 1.02. The third kappa shape index (κ3) is 6.95. The minimum absolute atomic E-state index is 0.119. The van der Waals surface area contributed by atoms with Crippen LogP contribution in [0.2, 0.25) is 0 Å². The molecule has 0 rings (SSSR count). The summed E-state index contributed by atoms with van der Waals surface area (Å²) in [6.45, 7) is 3.11. The Hall–Kier alpha value is -1.80. The third-order valence-corrected chi connectivity index (χ3v) is 2.31. The first-order chi connectivity index (χ1) is 9.31. The third-order valence-electron chi connectivity index (χ3n) is 2.31. The predicted octanol–water partition coefficient (Wildman–Crippen LogP) is -0.101. The Morgan fingerprint density at radius 1 is 0.950 bits per heavy atom. The molecule has 114 valence electrons. The Morgan fingerprint density at radius 3 is 1.85 bits per heavy atom. The van der Waals surface area contributed by atoms with Gasteiger partial charge in [-0.2, -0.15) is 0 Å². The lowest BCUT2D eigenvalue weighted by Crippen LogP contribution is -2.26. The van der Waals surface area contributed by atoms with Gasteiger partial charge in [0.25, 0.3) is 0 Å². The van der Waals surface area contributed by atoms with Crippen LogP contribution in [-0.4, -0.2) is 46.2 Å². The van der Waals surface area contributed by atoms with Crippen molar-refractivity contribution in [1.29, 1.82) is 5.41 Å². The number of rotatable bonds is 7. The SMILES string of the molecule is CCC(O)C(=O)OC(=N)CCC(=O)OC(=O)C(O)CC. The zero-order chi connectivity index (χ0) is 15.7. The molecule has 0 aromatic heterocycles. The molecule has 0 bridgehead atoms. The number of nitrogens with one attached hydrogen (secondary N) is 1. The molecule has 0 aliphatic heterocycles. The molecule has 0 fully saturated rings. The highest BCUT2D eigenvalue weighted by molar-refractivity contribution is 5.92. The number of aliphatic hydroxyl groups excluding tert-OH is 2. The van der Waals surface area contributed by atoms with Crippen molar-refractivity contribution in [3.05, 3.63) is 0 Å². The van der Waals surface area contributed by atoms with Gasteiger partial charge in [0, 0.05) is 6.42 Å². The largest absolute Gasteiger partial charge is 0.410 e. The Kier molecular flexibility index (Phi) is 8.33. The molecular weight excluding hydrogens is 270 g/mol. The number of ether oxygens (including phenoxy) is 2. The molecular formula is C12H19NO7. The molecule has 8 heteroatoms. The highest BCUT2D eigenvalue weighted by Crippen LogP contribution is 2.02. The smallest absolute Gasteiger partial charge is 0.342 e. The number of hydrogen-bond donors (Lipinski definition) is 3. The summed E-state index contributed by atoms with van der Waals surface area (Å²) in [6.07, 6.45) is -3.02. The predicted molar refractivity (Wildman–Crippen MR) is 66.7 cm³/mol. The number of carbonyl (C=O) groups excluding carboxylic acids is 3. The molecule has 0 heterocycles. The van der Waals surface area contributed by atoms with Gasteiger partial charge in [0.15, 0.2) is 18.1 Å². The molecule has 3 N–H and O–H groups in total. The molecule has 0 aromatic carbocycles. The van der Waals surface area contributed by atoms with Crippen LogP contribution in [0, 0.1) is 5.41 Å². The van der Waals surface area contributed by atoms with Crippen molar-refractivity contribution in [1.82, 2.24) is 0 Å². The first kappa shape index (κ1) is 18.2. The highest BCUT2D eigenvalue weighted by atomic mass is 16.6. The van der Waals surface area contributed by atoms with Crippen LogP contribution in [0.3, 0.4) is 0 Å². The van der Waals surface area contributed by atoms with Crippen molar-refractivity contribution in [3.63, 3.8) is 0 Å². The monoisotopic (exact) mass is 289 g/mol. The van der Waals surface area contributed by atoms with Gasteiger partial charge >= 0.3 is 17.9 Å². The van der Waals surface area contributed by atoms with Crippen molar-refractivity contribution in [2.75, 3.05) is 0 Å². The Bertz CT molecular complexity index is 344. The molecule has 0 aliphatic rings. The van der Waals surface area contributed by atoms with Gasteiger partial charge in [0.1, 0.15) is 0 Å². The number of esters is 3. The van der Waals surface area contributed by atoms with Gasteiger partial charge in [-0.1, -0.05) is 13.8 Å². The van der Waals surface area contributed by atoms with E-state index in [0.717, 1.165) is 0 Å². The summed E-state index contributed by atoms with van der Waals surface area (Å²) in [6, 6.07) is 0. The summed E-state index contributed by atoms with van der Waals surface area (Å²) in [5.41, 5.74) is 0. The molecule has 0 aromatic rings. The number of carbonyl (C=O) groups is 3. The van der Waals surface area contributed by atoms with Gasteiger partial charge in [-0.25, -0.2) is 9.59 Å². The standard InChI is InChI=1S/C12H19NO7/c1-3-7(14)11(17)19-9(13)5-6-10(16)20-12(18)8(15)4-2/h7-8,13-15H,3-6H2,1-2H3. The average molecular weight is 289 g/mol. The van der Waals surface area contributed by atoms with Crippen molar-refractivity contribution >= 4 is 23.8 Å². The molecule has 8 nitrogen and oxygen atoms in total. The summed E-state index contributed by atoms with van der Waals surface area (Å²) in [7, 11) is 0. The Labute approximate surface area is 116 Å². The van der Waals surface area contributed by atoms with E-state index in [1.807, 2.05) is 0 Å². The number of hydrogen-bond acceptors (Lipinski definition) is 8. The molecule has 0 saturated heterocycles. The minimum Gasteiger partial charge on any atom is -0.410 e. The second-order valence-electron chi connectivity index (χ2n) is 3.99. The Morgan fingerprint density at radius 2 is 1.40 bits per heavy atom. The topological polar surface area (TPSA) is 134 Å². The summed E-state index contributed by atoms with van der Waals surface area (Å²) in [5.74, 6) is -3.46. The molecule has 20 heavy (non-hydrogen) atoms. The zero-order valence-corrected chi connectivity index (χ0v) is 11.4. The lowest BCUT2D eigenvalue weighted by atomic mass is 10.2. The van der Waals surface area contributed by atoms with Crippen LogP contribution in [0.1, 0.15) is 39.5 Å². The van der Waals surface area contributed by atoms with E-state index < -0.39 is 36.0 Å². The molecule has 0 spiro atoms. The van der Waals surface area contributed by atoms with Crippen LogP contribution in [0.5, 0.6) is 0 Å². The average Bonchev–Trinajstić information content (AvgIpc) is 2.42. The molecule has 0 saturated carbocycles. The van der Waals surface area contributed by atoms with E-state index in [0.29, 0.717) is 0 Å². The van der Waals surface area contributed by atoms with Crippen molar-refractivity contribution < 1.29 is 34.1 Å². The van der Waals surface area contributed by atoms with Crippen molar-refractivity contribution in [2.24, 2.45) is 0 Å². The van der Waals surface area contributed by atoms with Crippen LogP contribution in [0.25, 0.3) is 0 Å². The Balaban J connectivity index is 4.04. The van der Waals surface area contributed by atoms with Gasteiger partial charge < -0.3 is 19.7 Å². The first-order valence-corrected chi connectivity index (χ1v) is 6.21. The van der Waals surface area contributed by atoms with Gasteiger partial charge in [-0.05, 0) is 12.8 Å². The van der Waals surface area contributed by atoms with Gasteiger partial charge in [0.05, 0.1) is 6.42 Å². The second kappa shape index (κ2) is 9.16. The van der Waals surface area contributed by atoms with E-state index >= 15 is 0 Å². The van der Waals surface area contributed by atoms with Gasteiger partial charge in [-0.3, -0.25) is 10.2 Å². The minimum atomic E-state index is -1.36. The van der Waals surface area contributed by atoms with Crippen LogP contribution in [0.4, 0.5) is 0 Å². The fraction of sp³-hybridized carbons (Fsp3) is 0.667. The molecule has 2 unspecified atom stereocenters. The summed E-state index contributed by atoms with van der Waals surface area (Å²) in [4.78, 5) is 33.4. The molecule has 0 aliphatic carbocycles. The molecule has 2 atom stereocenters. The first-order valence-electron chi connectivity index (χ1n) is 6.21. The number of aliphatic hydroxyl groups is 2. The van der Waals surface area contributed by atoms with E-state index in [9.17, 15) is 14.4 Å². The van der Waals surface area contributed by atoms with E-state index in [1.54, 1.807) is 13.8 Å². The quantitative estimate of drug-likeness (QED) is 0.258. The maximum absolute atomic E-state index is 11.2. The van der Waals surface area contributed by atoms with Crippen LogP contribution in [-0.2, 0) is 23.9 Å². The maximum atomic E-state index is 11.2. The van der Waals surface area contributed by atoms with E-state index in [4.69, 9.17) is 15.6 Å². The van der Waals surface area contributed by atoms with Crippen molar-refractivity contribution in [2.45, 2.75) is 51.7 Å². The maximum Gasteiger partial charge on any atom is 0.342 e. The normalized spacial score (nSPS) is 13.2. The molecule has 0 amide bonds. The molecule has 0 radical (unpaired) electrons. The van der Waals surface area contributed by atoms with E-state index in [2.05, 4.69) is 9.47 Å². The lowest BCUT2D eigenvalue weighted by Gasteiger charge is -2.09.